The monoisotopic (exact) mass is 297 g/mol. The topological polar surface area (TPSA) is 83.9 Å². The molecule has 0 radical (unpaired) electrons. The van der Waals surface area contributed by atoms with E-state index in [0.29, 0.717) is 25.9 Å². The number of carboxylic acid groups (broad SMARTS) is 1. The highest BCUT2D eigenvalue weighted by molar-refractivity contribution is 5.85. The van der Waals surface area contributed by atoms with E-state index in [2.05, 4.69) is 0 Å². The number of esters is 1. The van der Waals surface area contributed by atoms with E-state index in [0.717, 1.165) is 25.7 Å². The summed E-state index contributed by atoms with van der Waals surface area (Å²) in [5, 5.41) is 9.44. The van der Waals surface area contributed by atoms with E-state index in [9.17, 15) is 19.5 Å². The van der Waals surface area contributed by atoms with E-state index in [1.165, 1.54) is 7.11 Å². The normalized spacial score (nSPS) is 24.6. The van der Waals surface area contributed by atoms with Crippen LogP contribution in [-0.2, 0) is 19.1 Å². The average Bonchev–Trinajstić information content (AvgIpc) is 2.96. The van der Waals surface area contributed by atoms with Crippen LogP contribution in [0, 0.1) is 11.3 Å². The van der Waals surface area contributed by atoms with Gasteiger partial charge in [-0.3, -0.25) is 14.4 Å². The summed E-state index contributed by atoms with van der Waals surface area (Å²) in [6, 6.07) is 0. The second-order valence-corrected chi connectivity index (χ2v) is 6.17. The van der Waals surface area contributed by atoms with Crippen molar-refractivity contribution in [2.45, 2.75) is 44.9 Å². The number of carboxylic acids is 1. The molecule has 21 heavy (non-hydrogen) atoms. The number of nitrogens with zero attached hydrogens (tertiary/aromatic N) is 1. The summed E-state index contributed by atoms with van der Waals surface area (Å²) >= 11 is 0. The van der Waals surface area contributed by atoms with Crippen LogP contribution in [0.2, 0.25) is 0 Å². The van der Waals surface area contributed by atoms with Gasteiger partial charge in [0.25, 0.3) is 0 Å². The van der Waals surface area contributed by atoms with Crippen LogP contribution in [-0.4, -0.2) is 48.1 Å². The first-order valence-electron chi connectivity index (χ1n) is 7.57. The van der Waals surface area contributed by atoms with Gasteiger partial charge >= 0.3 is 11.9 Å². The van der Waals surface area contributed by atoms with Gasteiger partial charge in [-0.2, -0.15) is 0 Å². The lowest BCUT2D eigenvalue weighted by Crippen LogP contribution is -2.45. The van der Waals surface area contributed by atoms with Gasteiger partial charge in [0.1, 0.15) is 0 Å². The molecule has 2 rings (SSSR count). The number of likely N-dealkylation sites (tertiary alicyclic amines) is 1. The number of hydrogen-bond acceptors (Lipinski definition) is 4. The zero-order chi connectivity index (χ0) is 15.5. The molecule has 118 valence electrons. The zero-order valence-corrected chi connectivity index (χ0v) is 12.5. The van der Waals surface area contributed by atoms with Gasteiger partial charge in [0.15, 0.2) is 0 Å². The first-order chi connectivity index (χ1) is 9.98. The zero-order valence-electron chi connectivity index (χ0n) is 12.5. The van der Waals surface area contributed by atoms with Crippen molar-refractivity contribution >= 4 is 17.8 Å². The maximum atomic E-state index is 12.4. The fourth-order valence-electron chi connectivity index (χ4n) is 3.48. The molecule has 2 aliphatic rings. The van der Waals surface area contributed by atoms with Crippen LogP contribution in [0.25, 0.3) is 0 Å². The van der Waals surface area contributed by atoms with Crippen molar-refractivity contribution in [2.75, 3.05) is 20.2 Å². The van der Waals surface area contributed by atoms with E-state index in [1.54, 1.807) is 4.90 Å². The molecule has 6 nitrogen and oxygen atoms in total. The van der Waals surface area contributed by atoms with E-state index in [-0.39, 0.29) is 24.2 Å². The Morgan fingerprint density at radius 1 is 1.24 bits per heavy atom. The molecule has 1 saturated heterocycles. The minimum atomic E-state index is -0.894. The van der Waals surface area contributed by atoms with Crippen LogP contribution < -0.4 is 0 Å². The van der Waals surface area contributed by atoms with Gasteiger partial charge < -0.3 is 14.7 Å². The molecule has 0 spiro atoms. The van der Waals surface area contributed by atoms with Gasteiger partial charge in [-0.1, -0.05) is 12.8 Å². The number of ether oxygens (including phenoxy) is 1. The predicted octanol–water partition coefficient (Wildman–Crippen LogP) is 1.43. The van der Waals surface area contributed by atoms with Gasteiger partial charge in [-0.05, 0) is 25.7 Å². The Labute approximate surface area is 124 Å². The fourth-order valence-corrected chi connectivity index (χ4v) is 3.48. The van der Waals surface area contributed by atoms with Crippen molar-refractivity contribution in [2.24, 2.45) is 11.3 Å². The molecule has 1 amide bonds. The number of rotatable bonds is 4. The fraction of sp³-hybridized carbons (Fsp3) is 0.800. The van der Waals surface area contributed by atoms with Crippen LogP contribution in [0.3, 0.4) is 0 Å². The molecular formula is C15H23NO5. The molecule has 0 aromatic carbocycles. The largest absolute Gasteiger partial charge is 0.481 e. The number of amides is 1. The van der Waals surface area contributed by atoms with Crippen molar-refractivity contribution < 1.29 is 24.2 Å². The van der Waals surface area contributed by atoms with E-state index < -0.39 is 11.4 Å². The molecule has 6 heteroatoms. The third-order valence-electron chi connectivity index (χ3n) is 4.81. The van der Waals surface area contributed by atoms with Crippen molar-refractivity contribution in [3.05, 3.63) is 0 Å². The average molecular weight is 297 g/mol. The number of methoxy groups -OCH3 is 1. The molecule has 0 aromatic rings. The second-order valence-electron chi connectivity index (χ2n) is 6.17. The van der Waals surface area contributed by atoms with Crippen molar-refractivity contribution in [1.29, 1.82) is 0 Å². The quantitative estimate of drug-likeness (QED) is 0.794. The summed E-state index contributed by atoms with van der Waals surface area (Å²) in [6.45, 7) is 0.948. The summed E-state index contributed by atoms with van der Waals surface area (Å²) in [7, 11) is 1.35. The molecule has 1 unspecified atom stereocenters. The Morgan fingerprint density at radius 2 is 1.90 bits per heavy atom. The summed E-state index contributed by atoms with van der Waals surface area (Å²) < 4.78 is 4.74. The van der Waals surface area contributed by atoms with Gasteiger partial charge in [0.2, 0.25) is 5.91 Å². The molecule has 0 aromatic heterocycles. The molecule has 0 bridgehead atoms. The van der Waals surface area contributed by atoms with Crippen LogP contribution in [0.5, 0.6) is 0 Å². The summed E-state index contributed by atoms with van der Waals surface area (Å²) in [5.74, 6) is -1.58. The van der Waals surface area contributed by atoms with Crippen LogP contribution in [0.4, 0.5) is 0 Å². The van der Waals surface area contributed by atoms with Gasteiger partial charge in [-0.25, -0.2) is 0 Å². The van der Waals surface area contributed by atoms with Crippen LogP contribution >= 0.6 is 0 Å². The third kappa shape index (κ3) is 3.36. The SMILES string of the molecule is COC(=O)C1CCCN(C(=O)CC2(C(=O)O)CCCC2)C1. The molecular weight excluding hydrogens is 274 g/mol. The Balaban J connectivity index is 1.99. The van der Waals surface area contributed by atoms with Crippen LogP contribution in [0.15, 0.2) is 0 Å². The first kappa shape index (κ1) is 15.8. The van der Waals surface area contributed by atoms with Crippen molar-refractivity contribution in [3.63, 3.8) is 0 Å². The van der Waals surface area contributed by atoms with Crippen LogP contribution in [0.1, 0.15) is 44.9 Å². The highest BCUT2D eigenvalue weighted by atomic mass is 16.5. The van der Waals surface area contributed by atoms with E-state index in [4.69, 9.17) is 4.74 Å². The van der Waals surface area contributed by atoms with Gasteiger partial charge in [-0.15, -0.1) is 0 Å². The van der Waals surface area contributed by atoms with Crippen molar-refractivity contribution in [1.82, 2.24) is 4.90 Å². The number of carbonyl (C=O) groups is 3. The molecule has 1 heterocycles. The minimum absolute atomic E-state index is 0.0518. The lowest BCUT2D eigenvalue weighted by atomic mass is 9.82. The Kier molecular flexibility index (Phi) is 4.85. The minimum Gasteiger partial charge on any atom is -0.481 e. The maximum absolute atomic E-state index is 12.4. The number of piperidine rings is 1. The predicted molar refractivity (Wildman–Crippen MR) is 74.5 cm³/mol. The molecule has 1 aliphatic carbocycles. The molecule has 1 atom stereocenters. The highest BCUT2D eigenvalue weighted by Gasteiger charge is 2.44. The summed E-state index contributed by atoms with van der Waals surface area (Å²) in [6.07, 6.45) is 4.40. The number of aliphatic carboxylic acids is 1. The standard InChI is InChI=1S/C15H23NO5/c1-21-13(18)11-5-4-8-16(10-11)12(17)9-15(14(19)20)6-2-3-7-15/h11H,2-10H2,1H3,(H,19,20). The van der Waals surface area contributed by atoms with Crippen molar-refractivity contribution in [3.8, 4) is 0 Å². The molecule has 1 N–H and O–H groups in total. The first-order valence-corrected chi connectivity index (χ1v) is 7.57. The molecule has 1 aliphatic heterocycles. The Hall–Kier alpha value is -1.59. The third-order valence-corrected chi connectivity index (χ3v) is 4.81. The highest BCUT2D eigenvalue weighted by Crippen LogP contribution is 2.42. The van der Waals surface area contributed by atoms with E-state index >= 15 is 0 Å². The van der Waals surface area contributed by atoms with E-state index in [1.807, 2.05) is 0 Å². The second kappa shape index (κ2) is 6.45. The lowest BCUT2D eigenvalue weighted by Gasteiger charge is -2.33. The maximum Gasteiger partial charge on any atom is 0.310 e. The lowest BCUT2D eigenvalue weighted by molar-refractivity contribution is -0.155. The van der Waals surface area contributed by atoms with Gasteiger partial charge in [0.05, 0.1) is 18.4 Å². The summed E-state index contributed by atoms with van der Waals surface area (Å²) in [5.41, 5.74) is -0.894. The number of carbonyl (C=O) groups excluding carboxylic acids is 2. The summed E-state index contributed by atoms with van der Waals surface area (Å²) in [4.78, 5) is 37.2. The Morgan fingerprint density at radius 3 is 2.48 bits per heavy atom. The Bertz CT molecular complexity index is 428. The number of hydrogen-bond donors (Lipinski definition) is 1. The molecule has 1 saturated carbocycles. The molecule has 2 fully saturated rings. The smallest absolute Gasteiger partial charge is 0.310 e. The van der Waals surface area contributed by atoms with Gasteiger partial charge in [0, 0.05) is 19.5 Å².